The highest BCUT2D eigenvalue weighted by atomic mass is 32.1. The lowest BCUT2D eigenvalue weighted by atomic mass is 10.1. The van der Waals surface area contributed by atoms with E-state index in [0.29, 0.717) is 0 Å². The number of aliphatic hydroxyl groups excluding tert-OH is 1. The molecule has 0 aliphatic rings. The van der Waals surface area contributed by atoms with Crippen LogP contribution in [0.1, 0.15) is 11.3 Å². The van der Waals surface area contributed by atoms with Crippen molar-refractivity contribution in [2.75, 3.05) is 6.61 Å². The van der Waals surface area contributed by atoms with Crippen molar-refractivity contribution in [2.45, 2.75) is 13.3 Å². The van der Waals surface area contributed by atoms with Gasteiger partial charge in [0.1, 0.15) is 0 Å². The minimum Gasteiger partial charge on any atom is -0.396 e. The second kappa shape index (κ2) is 3.57. The van der Waals surface area contributed by atoms with E-state index < -0.39 is 0 Å². The zero-order valence-electron chi connectivity index (χ0n) is 8.97. The fraction of sp³-hybridized carbons (Fsp3) is 0.250. The first-order chi connectivity index (χ1) is 7.78. The third-order valence-electron chi connectivity index (χ3n) is 2.68. The molecule has 0 atom stereocenters. The maximum atomic E-state index is 8.91. The highest BCUT2D eigenvalue weighted by molar-refractivity contribution is 7.23. The van der Waals surface area contributed by atoms with Crippen LogP contribution in [0.2, 0.25) is 0 Å². The number of imidazole rings is 1. The van der Waals surface area contributed by atoms with Crippen molar-refractivity contribution in [3.05, 3.63) is 35.7 Å². The van der Waals surface area contributed by atoms with Crippen LogP contribution in [0.3, 0.4) is 0 Å². The van der Waals surface area contributed by atoms with Crippen molar-refractivity contribution in [1.29, 1.82) is 0 Å². The van der Waals surface area contributed by atoms with Gasteiger partial charge in [0.15, 0.2) is 4.96 Å². The van der Waals surface area contributed by atoms with E-state index in [1.165, 1.54) is 15.8 Å². The molecule has 16 heavy (non-hydrogen) atoms. The van der Waals surface area contributed by atoms with Gasteiger partial charge in [-0.25, -0.2) is 4.98 Å². The predicted octanol–water partition coefficient (Wildman–Crippen LogP) is 2.39. The Kier molecular flexibility index (Phi) is 2.19. The maximum absolute atomic E-state index is 8.91. The van der Waals surface area contributed by atoms with Crippen LogP contribution in [0.25, 0.3) is 15.2 Å². The van der Waals surface area contributed by atoms with Crippen molar-refractivity contribution in [3.8, 4) is 0 Å². The third kappa shape index (κ3) is 1.42. The smallest absolute Gasteiger partial charge is 0.194 e. The van der Waals surface area contributed by atoms with Gasteiger partial charge in [-0.05, 0) is 31.0 Å². The molecule has 2 heterocycles. The van der Waals surface area contributed by atoms with Gasteiger partial charge < -0.3 is 5.11 Å². The normalized spacial score (nSPS) is 11.6. The van der Waals surface area contributed by atoms with E-state index in [2.05, 4.69) is 33.8 Å². The number of aromatic nitrogens is 2. The molecule has 0 saturated carbocycles. The Bertz CT molecular complexity index is 653. The summed E-state index contributed by atoms with van der Waals surface area (Å²) in [6.45, 7) is 2.21. The third-order valence-corrected chi connectivity index (χ3v) is 3.70. The molecule has 0 amide bonds. The van der Waals surface area contributed by atoms with Crippen molar-refractivity contribution in [3.63, 3.8) is 0 Å². The van der Waals surface area contributed by atoms with Crippen molar-refractivity contribution >= 4 is 26.5 Å². The summed E-state index contributed by atoms with van der Waals surface area (Å²) in [6, 6.07) is 6.31. The zero-order chi connectivity index (χ0) is 11.1. The van der Waals surface area contributed by atoms with Gasteiger partial charge in [0, 0.05) is 12.8 Å². The number of benzene rings is 1. The van der Waals surface area contributed by atoms with E-state index in [1.54, 1.807) is 11.3 Å². The molecule has 1 N–H and O–H groups in total. The minimum atomic E-state index is 0.202. The largest absolute Gasteiger partial charge is 0.396 e. The molecule has 0 unspecified atom stereocenters. The number of nitrogens with zero attached hydrogens (tertiary/aromatic N) is 2. The Morgan fingerprint density at radius 3 is 3.12 bits per heavy atom. The molecule has 3 rings (SSSR count). The molecule has 0 aliphatic carbocycles. The van der Waals surface area contributed by atoms with E-state index in [0.717, 1.165) is 17.1 Å². The van der Waals surface area contributed by atoms with Gasteiger partial charge in [0.2, 0.25) is 0 Å². The number of thiazole rings is 1. The fourth-order valence-electron chi connectivity index (χ4n) is 1.94. The molecule has 82 valence electrons. The summed E-state index contributed by atoms with van der Waals surface area (Å²) < 4.78 is 3.35. The molecule has 0 radical (unpaired) electrons. The number of aryl methyl sites for hydroxylation is 1. The van der Waals surface area contributed by atoms with Gasteiger partial charge in [-0.1, -0.05) is 17.4 Å². The fourth-order valence-corrected chi connectivity index (χ4v) is 3.06. The summed E-state index contributed by atoms with van der Waals surface area (Å²) in [4.78, 5) is 5.49. The Hall–Kier alpha value is -1.39. The Labute approximate surface area is 97.0 Å². The molecule has 1 aromatic carbocycles. The van der Waals surface area contributed by atoms with E-state index in [-0.39, 0.29) is 6.61 Å². The summed E-state index contributed by atoms with van der Waals surface area (Å²) in [5.41, 5.74) is 3.42. The number of fused-ring (bicyclic) bond motifs is 3. The van der Waals surface area contributed by atoms with Gasteiger partial charge in [-0.15, -0.1) is 0 Å². The van der Waals surface area contributed by atoms with Crippen molar-refractivity contribution in [2.24, 2.45) is 0 Å². The van der Waals surface area contributed by atoms with Crippen LogP contribution in [-0.2, 0) is 6.42 Å². The van der Waals surface area contributed by atoms with Crippen molar-refractivity contribution < 1.29 is 5.11 Å². The average Bonchev–Trinajstić information content (AvgIpc) is 2.73. The highest BCUT2D eigenvalue weighted by Gasteiger charge is 2.07. The van der Waals surface area contributed by atoms with E-state index >= 15 is 0 Å². The van der Waals surface area contributed by atoms with Gasteiger partial charge in [-0.3, -0.25) is 4.40 Å². The number of rotatable bonds is 2. The maximum Gasteiger partial charge on any atom is 0.194 e. The van der Waals surface area contributed by atoms with Crippen LogP contribution in [0.5, 0.6) is 0 Å². The standard InChI is InChI=1S/C12H12N2OS/c1-8-7-14-10-3-2-9(4-5-15)6-11(10)16-12(14)13-8/h2-3,6-7,15H,4-5H2,1H3. The second-order valence-corrected chi connectivity index (χ2v) is 4.92. The van der Waals surface area contributed by atoms with Gasteiger partial charge in [0.25, 0.3) is 0 Å². The molecule has 3 nitrogen and oxygen atoms in total. The molecule has 0 aliphatic heterocycles. The lowest BCUT2D eigenvalue weighted by Gasteiger charge is -1.97. The molecule has 0 fully saturated rings. The van der Waals surface area contributed by atoms with Crippen LogP contribution < -0.4 is 0 Å². The molecule has 0 bridgehead atoms. The van der Waals surface area contributed by atoms with Crippen LogP contribution in [0, 0.1) is 6.92 Å². The molecular weight excluding hydrogens is 220 g/mol. The quantitative estimate of drug-likeness (QED) is 0.736. The molecule has 4 heteroatoms. The van der Waals surface area contributed by atoms with Gasteiger partial charge in [0.05, 0.1) is 15.9 Å². The summed E-state index contributed by atoms with van der Waals surface area (Å²) in [5.74, 6) is 0. The SMILES string of the molecule is Cc1cn2c(n1)sc1cc(CCO)ccc12. The van der Waals surface area contributed by atoms with E-state index in [1.807, 2.05) is 6.92 Å². The van der Waals surface area contributed by atoms with Gasteiger partial charge in [-0.2, -0.15) is 0 Å². The molecule has 2 aromatic heterocycles. The molecule has 3 aromatic rings. The van der Waals surface area contributed by atoms with Crippen LogP contribution >= 0.6 is 11.3 Å². The second-order valence-electron chi connectivity index (χ2n) is 3.91. The van der Waals surface area contributed by atoms with E-state index in [4.69, 9.17) is 5.11 Å². The summed E-state index contributed by atoms with van der Waals surface area (Å²) in [7, 11) is 0. The summed E-state index contributed by atoms with van der Waals surface area (Å²) in [5, 5.41) is 8.91. The number of hydrogen-bond donors (Lipinski definition) is 1. The first-order valence-electron chi connectivity index (χ1n) is 5.26. The van der Waals surface area contributed by atoms with E-state index in [9.17, 15) is 0 Å². The average molecular weight is 232 g/mol. The predicted molar refractivity (Wildman–Crippen MR) is 66.1 cm³/mol. The Balaban J connectivity index is 2.25. The monoisotopic (exact) mass is 232 g/mol. The van der Waals surface area contributed by atoms with Crippen LogP contribution in [0.4, 0.5) is 0 Å². The first kappa shape index (κ1) is 9.81. The number of aliphatic hydroxyl groups is 1. The highest BCUT2D eigenvalue weighted by Crippen LogP contribution is 2.27. The minimum absolute atomic E-state index is 0.202. The zero-order valence-corrected chi connectivity index (χ0v) is 9.79. The molecule has 0 saturated heterocycles. The molecule has 0 spiro atoms. The number of hydrogen-bond acceptors (Lipinski definition) is 3. The Morgan fingerprint density at radius 2 is 2.31 bits per heavy atom. The van der Waals surface area contributed by atoms with Gasteiger partial charge >= 0.3 is 0 Å². The van der Waals surface area contributed by atoms with Crippen molar-refractivity contribution in [1.82, 2.24) is 9.38 Å². The first-order valence-corrected chi connectivity index (χ1v) is 6.07. The summed E-state index contributed by atoms with van der Waals surface area (Å²) >= 11 is 1.69. The van der Waals surface area contributed by atoms with Crippen LogP contribution in [-0.4, -0.2) is 21.1 Å². The van der Waals surface area contributed by atoms with Crippen LogP contribution in [0.15, 0.2) is 24.4 Å². The lowest BCUT2D eigenvalue weighted by Crippen LogP contribution is -1.89. The topological polar surface area (TPSA) is 37.5 Å². The summed E-state index contributed by atoms with van der Waals surface area (Å²) in [6.07, 6.45) is 2.77. The lowest BCUT2D eigenvalue weighted by molar-refractivity contribution is 0.299. The Morgan fingerprint density at radius 1 is 1.44 bits per heavy atom. The molecular formula is C12H12N2OS.